The average molecular weight is 306 g/mol. The minimum Gasteiger partial charge on any atom is -0.493 e. The van der Waals surface area contributed by atoms with Gasteiger partial charge in [-0.05, 0) is 51.3 Å². The molecule has 122 valence electrons. The number of nitrogens with one attached hydrogen (secondary N) is 1. The van der Waals surface area contributed by atoms with Crippen LogP contribution in [-0.2, 0) is 4.79 Å². The first-order valence-corrected chi connectivity index (χ1v) is 7.86. The van der Waals surface area contributed by atoms with E-state index in [1.54, 1.807) is 7.11 Å². The Bertz CT molecular complexity index is 509. The van der Waals surface area contributed by atoms with E-state index in [0.29, 0.717) is 23.6 Å². The predicted octanol–water partition coefficient (Wildman–Crippen LogP) is 2.68. The first-order valence-electron chi connectivity index (χ1n) is 7.86. The van der Waals surface area contributed by atoms with E-state index in [1.165, 1.54) is 6.42 Å². The van der Waals surface area contributed by atoms with Gasteiger partial charge in [0.15, 0.2) is 18.1 Å². The van der Waals surface area contributed by atoms with Gasteiger partial charge in [-0.25, -0.2) is 5.01 Å². The number of benzene rings is 1. The third-order valence-corrected chi connectivity index (χ3v) is 4.13. The minimum absolute atomic E-state index is 0.0185. The van der Waals surface area contributed by atoms with Gasteiger partial charge in [0.1, 0.15) is 0 Å². The molecule has 0 spiro atoms. The number of aryl methyl sites for hydroxylation is 1. The molecule has 1 heterocycles. The Morgan fingerprint density at radius 3 is 2.59 bits per heavy atom. The molecule has 1 saturated heterocycles. The Hall–Kier alpha value is -1.75. The number of piperidine rings is 1. The summed E-state index contributed by atoms with van der Waals surface area (Å²) in [5, 5.41) is 2.04. The molecule has 0 radical (unpaired) electrons. The molecule has 0 bridgehead atoms. The smallest absolute Gasteiger partial charge is 0.272 e. The van der Waals surface area contributed by atoms with E-state index in [0.717, 1.165) is 18.4 Å². The van der Waals surface area contributed by atoms with Crippen LogP contribution in [0.1, 0.15) is 38.7 Å². The molecule has 2 atom stereocenters. The molecule has 0 unspecified atom stereocenters. The van der Waals surface area contributed by atoms with E-state index < -0.39 is 0 Å². The fourth-order valence-electron chi connectivity index (χ4n) is 2.86. The van der Waals surface area contributed by atoms with Crippen molar-refractivity contribution in [2.45, 2.75) is 52.1 Å². The van der Waals surface area contributed by atoms with E-state index >= 15 is 0 Å². The van der Waals surface area contributed by atoms with Gasteiger partial charge in [-0.15, -0.1) is 0 Å². The highest BCUT2D eigenvalue weighted by molar-refractivity contribution is 5.77. The van der Waals surface area contributed by atoms with Gasteiger partial charge in [0.25, 0.3) is 5.91 Å². The van der Waals surface area contributed by atoms with Crippen LogP contribution >= 0.6 is 0 Å². The second-order valence-electron chi connectivity index (χ2n) is 6.01. The number of hydrazine groups is 1. The van der Waals surface area contributed by atoms with Crippen molar-refractivity contribution < 1.29 is 14.3 Å². The number of carbonyl (C=O) groups is 1. The molecule has 0 saturated carbocycles. The molecule has 0 aliphatic carbocycles. The van der Waals surface area contributed by atoms with Gasteiger partial charge in [-0.3, -0.25) is 10.2 Å². The van der Waals surface area contributed by atoms with Crippen molar-refractivity contribution in [2.75, 3.05) is 13.7 Å². The van der Waals surface area contributed by atoms with Gasteiger partial charge in [-0.1, -0.05) is 12.5 Å². The summed E-state index contributed by atoms with van der Waals surface area (Å²) in [6.45, 7) is 6.24. The topological polar surface area (TPSA) is 50.8 Å². The molecule has 0 aromatic heterocycles. The molecule has 1 N–H and O–H groups in total. The van der Waals surface area contributed by atoms with Crippen molar-refractivity contribution in [3.05, 3.63) is 23.8 Å². The van der Waals surface area contributed by atoms with Gasteiger partial charge in [0.2, 0.25) is 0 Å². The fraction of sp³-hybridized carbons (Fsp3) is 0.588. The molecule has 2 rings (SSSR count). The molecular formula is C17H26N2O3. The van der Waals surface area contributed by atoms with Crippen LogP contribution in [-0.4, -0.2) is 36.7 Å². The lowest BCUT2D eigenvalue weighted by molar-refractivity contribution is -0.131. The van der Waals surface area contributed by atoms with Crippen LogP contribution in [0.3, 0.4) is 0 Å². The van der Waals surface area contributed by atoms with E-state index in [1.807, 2.05) is 30.1 Å². The van der Waals surface area contributed by atoms with Gasteiger partial charge in [-0.2, -0.15) is 0 Å². The molecule has 1 aliphatic heterocycles. The molecule has 1 aromatic carbocycles. The summed E-state index contributed by atoms with van der Waals surface area (Å²) in [6, 6.07) is 6.38. The monoisotopic (exact) mass is 306 g/mol. The second kappa shape index (κ2) is 7.49. The third-order valence-electron chi connectivity index (χ3n) is 4.13. The highest BCUT2D eigenvalue weighted by Gasteiger charge is 2.26. The zero-order chi connectivity index (χ0) is 16.1. The van der Waals surface area contributed by atoms with Crippen LogP contribution in [0.25, 0.3) is 0 Å². The SMILES string of the molecule is COc1cc(C)ccc1OCC(=O)NN1[C@H](C)CCC[C@@H]1C. The van der Waals surface area contributed by atoms with Crippen LogP contribution in [0.15, 0.2) is 18.2 Å². The fourth-order valence-corrected chi connectivity index (χ4v) is 2.86. The number of rotatable bonds is 5. The highest BCUT2D eigenvalue weighted by atomic mass is 16.5. The molecule has 1 fully saturated rings. The maximum absolute atomic E-state index is 12.1. The Morgan fingerprint density at radius 2 is 1.95 bits per heavy atom. The number of amides is 1. The number of hydrogen-bond acceptors (Lipinski definition) is 4. The third kappa shape index (κ3) is 4.13. The van der Waals surface area contributed by atoms with Crippen molar-refractivity contribution in [1.29, 1.82) is 0 Å². The first kappa shape index (κ1) is 16.6. The summed E-state index contributed by atoms with van der Waals surface area (Å²) in [4.78, 5) is 12.1. The predicted molar refractivity (Wildman–Crippen MR) is 86.0 cm³/mol. The molecule has 5 heteroatoms. The van der Waals surface area contributed by atoms with Crippen LogP contribution in [0.4, 0.5) is 0 Å². The number of carbonyl (C=O) groups excluding carboxylic acids is 1. The average Bonchev–Trinajstić information content (AvgIpc) is 2.49. The van der Waals surface area contributed by atoms with Crippen LogP contribution in [0.5, 0.6) is 11.5 Å². The number of nitrogens with zero attached hydrogens (tertiary/aromatic N) is 1. The highest BCUT2D eigenvalue weighted by Crippen LogP contribution is 2.27. The van der Waals surface area contributed by atoms with Crippen LogP contribution in [0, 0.1) is 6.92 Å². The lowest BCUT2D eigenvalue weighted by Crippen LogP contribution is -2.55. The van der Waals surface area contributed by atoms with Crippen LogP contribution in [0.2, 0.25) is 0 Å². The van der Waals surface area contributed by atoms with Gasteiger partial charge >= 0.3 is 0 Å². The summed E-state index contributed by atoms with van der Waals surface area (Å²) in [5.74, 6) is 1.10. The van der Waals surface area contributed by atoms with Crippen molar-refractivity contribution in [3.63, 3.8) is 0 Å². The Kier molecular flexibility index (Phi) is 5.66. The van der Waals surface area contributed by atoms with Crippen molar-refractivity contribution in [2.24, 2.45) is 0 Å². The molecule has 5 nitrogen and oxygen atoms in total. The van der Waals surface area contributed by atoms with Gasteiger partial charge in [0.05, 0.1) is 7.11 Å². The van der Waals surface area contributed by atoms with Crippen molar-refractivity contribution in [3.8, 4) is 11.5 Å². The first-order chi connectivity index (χ1) is 10.5. The Morgan fingerprint density at radius 1 is 1.27 bits per heavy atom. The van der Waals surface area contributed by atoms with Crippen molar-refractivity contribution >= 4 is 5.91 Å². The largest absolute Gasteiger partial charge is 0.493 e. The molecule has 1 amide bonds. The molecule has 1 aromatic rings. The molecule has 1 aliphatic rings. The number of methoxy groups -OCH3 is 1. The van der Waals surface area contributed by atoms with Gasteiger partial charge < -0.3 is 9.47 Å². The lowest BCUT2D eigenvalue weighted by Gasteiger charge is -2.38. The Balaban J connectivity index is 1.90. The standard InChI is InChI=1S/C17H26N2O3/c1-12-8-9-15(16(10-12)21-4)22-11-17(20)18-19-13(2)6-5-7-14(19)3/h8-10,13-14H,5-7,11H2,1-4H3,(H,18,20)/t13-,14+. The van der Waals surface area contributed by atoms with E-state index in [2.05, 4.69) is 19.3 Å². The van der Waals surface area contributed by atoms with E-state index in [4.69, 9.17) is 9.47 Å². The summed E-state index contributed by atoms with van der Waals surface area (Å²) in [5.41, 5.74) is 4.05. The summed E-state index contributed by atoms with van der Waals surface area (Å²) in [7, 11) is 1.60. The summed E-state index contributed by atoms with van der Waals surface area (Å²) in [6.07, 6.45) is 3.43. The van der Waals surface area contributed by atoms with E-state index in [9.17, 15) is 4.79 Å². The maximum Gasteiger partial charge on any atom is 0.272 e. The van der Waals surface area contributed by atoms with Crippen LogP contribution < -0.4 is 14.9 Å². The summed E-state index contributed by atoms with van der Waals surface area (Å²) < 4.78 is 10.9. The van der Waals surface area contributed by atoms with Crippen molar-refractivity contribution in [1.82, 2.24) is 10.4 Å². The normalized spacial score (nSPS) is 22.2. The zero-order valence-corrected chi connectivity index (χ0v) is 13.9. The Labute approximate surface area is 132 Å². The van der Waals surface area contributed by atoms with E-state index in [-0.39, 0.29) is 12.5 Å². The maximum atomic E-state index is 12.1. The zero-order valence-electron chi connectivity index (χ0n) is 13.9. The quantitative estimate of drug-likeness (QED) is 0.908. The van der Waals surface area contributed by atoms with Gasteiger partial charge in [0, 0.05) is 12.1 Å². The number of hydrogen-bond donors (Lipinski definition) is 1. The molecular weight excluding hydrogens is 280 g/mol. The lowest BCUT2D eigenvalue weighted by atomic mass is 10.00. The number of ether oxygens (including phenoxy) is 2. The molecule has 22 heavy (non-hydrogen) atoms. The minimum atomic E-state index is -0.136. The second-order valence-corrected chi connectivity index (χ2v) is 6.01. The summed E-state index contributed by atoms with van der Waals surface area (Å²) >= 11 is 0.